The Bertz CT molecular complexity index is 475. The zero-order valence-electron chi connectivity index (χ0n) is 11.4. The van der Waals surface area contributed by atoms with Crippen LogP contribution in [0.5, 0.6) is 0 Å². The largest absolute Gasteiger partial charge is 0.481 e. The number of benzene rings is 1. The number of carboxylic acid groups (broad SMARTS) is 1. The van der Waals surface area contributed by atoms with Gasteiger partial charge in [0.2, 0.25) is 0 Å². The van der Waals surface area contributed by atoms with Crippen molar-refractivity contribution in [2.45, 2.75) is 25.3 Å². The van der Waals surface area contributed by atoms with Gasteiger partial charge in [0.25, 0.3) is 5.91 Å². The van der Waals surface area contributed by atoms with E-state index in [0.29, 0.717) is 25.1 Å². The minimum atomic E-state index is -0.801. The highest BCUT2D eigenvalue weighted by atomic mass is 16.4. The van der Waals surface area contributed by atoms with Crippen molar-refractivity contribution in [2.75, 3.05) is 13.1 Å². The quantitative estimate of drug-likeness (QED) is 0.869. The third-order valence-electron chi connectivity index (χ3n) is 3.64. The van der Waals surface area contributed by atoms with Crippen LogP contribution in [0.4, 0.5) is 0 Å². The summed E-state index contributed by atoms with van der Waals surface area (Å²) in [5, 5.41) is 8.75. The molecule has 0 saturated carbocycles. The number of rotatable bonds is 4. The van der Waals surface area contributed by atoms with Crippen LogP contribution in [0, 0.1) is 5.92 Å². The maximum atomic E-state index is 12.4. The second kappa shape index (κ2) is 6.52. The number of piperidine rings is 1. The SMILES string of the molecule is NC1CC(CCC(=O)O)CN(C(=O)c2ccccc2)C1. The van der Waals surface area contributed by atoms with Crippen LogP contribution in [0.15, 0.2) is 30.3 Å². The first kappa shape index (κ1) is 14.5. The summed E-state index contributed by atoms with van der Waals surface area (Å²) in [7, 11) is 0. The molecule has 1 aromatic carbocycles. The normalized spacial score (nSPS) is 22.6. The van der Waals surface area contributed by atoms with Crippen LogP contribution in [0.25, 0.3) is 0 Å². The molecule has 2 unspecified atom stereocenters. The Balaban J connectivity index is 2.00. The number of carbonyl (C=O) groups excluding carboxylic acids is 1. The maximum Gasteiger partial charge on any atom is 0.303 e. The lowest BCUT2D eigenvalue weighted by atomic mass is 9.90. The number of nitrogens with zero attached hydrogens (tertiary/aromatic N) is 1. The summed E-state index contributed by atoms with van der Waals surface area (Å²) in [5.74, 6) is -0.659. The highest BCUT2D eigenvalue weighted by molar-refractivity contribution is 5.94. The van der Waals surface area contributed by atoms with Gasteiger partial charge in [-0.1, -0.05) is 18.2 Å². The zero-order valence-corrected chi connectivity index (χ0v) is 11.4. The van der Waals surface area contributed by atoms with E-state index in [2.05, 4.69) is 0 Å². The molecule has 1 saturated heterocycles. The molecule has 0 radical (unpaired) electrons. The standard InChI is InChI=1S/C15H20N2O3/c16-13-8-11(6-7-14(18)19)9-17(10-13)15(20)12-4-2-1-3-5-12/h1-5,11,13H,6-10,16H2,(H,18,19). The van der Waals surface area contributed by atoms with Crippen molar-refractivity contribution in [3.05, 3.63) is 35.9 Å². The minimum absolute atomic E-state index is 0.0268. The Morgan fingerprint density at radius 1 is 1.25 bits per heavy atom. The van der Waals surface area contributed by atoms with Gasteiger partial charge in [0, 0.05) is 31.1 Å². The van der Waals surface area contributed by atoms with Crippen molar-refractivity contribution in [1.82, 2.24) is 4.90 Å². The second-order valence-corrected chi connectivity index (χ2v) is 5.37. The van der Waals surface area contributed by atoms with Crippen molar-refractivity contribution in [2.24, 2.45) is 11.7 Å². The molecule has 5 heteroatoms. The van der Waals surface area contributed by atoms with E-state index >= 15 is 0 Å². The van der Waals surface area contributed by atoms with E-state index < -0.39 is 5.97 Å². The predicted octanol–water partition coefficient (Wildman–Crippen LogP) is 1.34. The van der Waals surface area contributed by atoms with Crippen LogP contribution < -0.4 is 5.73 Å². The van der Waals surface area contributed by atoms with Crippen molar-refractivity contribution in [1.29, 1.82) is 0 Å². The molecule has 1 fully saturated rings. The molecule has 1 amide bonds. The Hall–Kier alpha value is -1.88. The minimum Gasteiger partial charge on any atom is -0.481 e. The van der Waals surface area contributed by atoms with Gasteiger partial charge in [-0.15, -0.1) is 0 Å². The molecule has 0 spiro atoms. The lowest BCUT2D eigenvalue weighted by molar-refractivity contribution is -0.137. The third-order valence-corrected chi connectivity index (χ3v) is 3.64. The number of carboxylic acids is 1. The van der Waals surface area contributed by atoms with Crippen LogP contribution in [0.3, 0.4) is 0 Å². The monoisotopic (exact) mass is 276 g/mol. The summed E-state index contributed by atoms with van der Waals surface area (Å²) in [5.41, 5.74) is 6.65. The molecular formula is C15H20N2O3. The number of amides is 1. The Morgan fingerprint density at radius 3 is 2.60 bits per heavy atom. The summed E-state index contributed by atoms with van der Waals surface area (Å²) < 4.78 is 0. The number of likely N-dealkylation sites (tertiary alicyclic amines) is 1. The van der Waals surface area contributed by atoms with E-state index in [-0.39, 0.29) is 24.3 Å². The molecule has 3 N–H and O–H groups in total. The van der Waals surface area contributed by atoms with Crippen molar-refractivity contribution < 1.29 is 14.7 Å². The Morgan fingerprint density at radius 2 is 1.95 bits per heavy atom. The summed E-state index contributed by atoms with van der Waals surface area (Å²) in [6, 6.07) is 9.03. The van der Waals surface area contributed by atoms with Gasteiger partial charge in [0.1, 0.15) is 0 Å². The van der Waals surface area contributed by atoms with Crippen LogP contribution >= 0.6 is 0 Å². The smallest absolute Gasteiger partial charge is 0.303 e. The summed E-state index contributed by atoms with van der Waals surface area (Å²) >= 11 is 0. The number of hydrogen-bond acceptors (Lipinski definition) is 3. The van der Waals surface area contributed by atoms with Gasteiger partial charge in [0.05, 0.1) is 0 Å². The van der Waals surface area contributed by atoms with Crippen LogP contribution in [-0.2, 0) is 4.79 Å². The average molecular weight is 276 g/mol. The van der Waals surface area contributed by atoms with Crippen LogP contribution in [0.2, 0.25) is 0 Å². The van der Waals surface area contributed by atoms with E-state index in [1.165, 1.54) is 0 Å². The lowest BCUT2D eigenvalue weighted by Gasteiger charge is -2.36. The third kappa shape index (κ3) is 3.81. The summed E-state index contributed by atoms with van der Waals surface area (Å²) in [4.78, 5) is 24.8. The molecule has 1 aliphatic rings. The van der Waals surface area contributed by atoms with Crippen molar-refractivity contribution in [3.63, 3.8) is 0 Å². The second-order valence-electron chi connectivity index (χ2n) is 5.37. The fraction of sp³-hybridized carbons (Fsp3) is 0.467. The highest BCUT2D eigenvalue weighted by Gasteiger charge is 2.28. The van der Waals surface area contributed by atoms with Crippen molar-refractivity contribution >= 4 is 11.9 Å². The average Bonchev–Trinajstić information content (AvgIpc) is 2.44. The Kier molecular flexibility index (Phi) is 4.74. The molecule has 0 bridgehead atoms. The molecule has 0 aliphatic carbocycles. The van der Waals surface area contributed by atoms with Gasteiger partial charge in [-0.05, 0) is 30.9 Å². The molecular weight excluding hydrogens is 256 g/mol. The number of carbonyl (C=O) groups is 2. The first-order valence-corrected chi connectivity index (χ1v) is 6.88. The first-order chi connectivity index (χ1) is 9.56. The molecule has 0 aromatic heterocycles. The van der Waals surface area contributed by atoms with Crippen LogP contribution in [-0.4, -0.2) is 41.0 Å². The molecule has 1 aromatic rings. The number of aliphatic carboxylic acids is 1. The molecule has 5 nitrogen and oxygen atoms in total. The maximum absolute atomic E-state index is 12.4. The highest BCUT2D eigenvalue weighted by Crippen LogP contribution is 2.22. The van der Waals surface area contributed by atoms with E-state index in [1.807, 2.05) is 18.2 Å². The van der Waals surface area contributed by atoms with Gasteiger partial charge in [-0.25, -0.2) is 0 Å². The topological polar surface area (TPSA) is 83.6 Å². The van der Waals surface area contributed by atoms with E-state index in [4.69, 9.17) is 10.8 Å². The molecule has 1 heterocycles. The Labute approximate surface area is 118 Å². The van der Waals surface area contributed by atoms with E-state index in [0.717, 1.165) is 6.42 Å². The fourth-order valence-electron chi connectivity index (χ4n) is 2.71. The van der Waals surface area contributed by atoms with Gasteiger partial charge in [0.15, 0.2) is 0 Å². The lowest BCUT2D eigenvalue weighted by Crippen LogP contribution is -2.49. The molecule has 108 valence electrons. The summed E-state index contributed by atoms with van der Waals surface area (Å²) in [6.45, 7) is 1.13. The van der Waals surface area contributed by atoms with Gasteiger partial charge < -0.3 is 15.7 Å². The fourth-order valence-corrected chi connectivity index (χ4v) is 2.71. The molecule has 2 atom stereocenters. The van der Waals surface area contributed by atoms with E-state index in [1.54, 1.807) is 17.0 Å². The van der Waals surface area contributed by atoms with Gasteiger partial charge >= 0.3 is 5.97 Å². The number of nitrogens with two attached hydrogens (primary N) is 1. The molecule has 20 heavy (non-hydrogen) atoms. The summed E-state index contributed by atoms with van der Waals surface area (Å²) in [6.07, 6.45) is 1.48. The number of hydrogen-bond donors (Lipinski definition) is 2. The van der Waals surface area contributed by atoms with Gasteiger partial charge in [-0.3, -0.25) is 9.59 Å². The van der Waals surface area contributed by atoms with Gasteiger partial charge in [-0.2, -0.15) is 0 Å². The van der Waals surface area contributed by atoms with Crippen LogP contribution in [0.1, 0.15) is 29.6 Å². The van der Waals surface area contributed by atoms with E-state index in [9.17, 15) is 9.59 Å². The van der Waals surface area contributed by atoms with Crippen molar-refractivity contribution in [3.8, 4) is 0 Å². The predicted molar refractivity (Wildman–Crippen MR) is 75.3 cm³/mol. The zero-order chi connectivity index (χ0) is 14.5. The molecule has 2 rings (SSSR count). The first-order valence-electron chi connectivity index (χ1n) is 6.88. The molecule has 1 aliphatic heterocycles.